The second-order valence-electron chi connectivity index (χ2n) is 7.93. The number of hydrogen-bond donors (Lipinski definition) is 2. The van der Waals surface area contributed by atoms with Gasteiger partial charge in [-0.15, -0.1) is 0 Å². The number of carbonyl (C=O) groups is 2. The number of benzene rings is 2. The number of esters is 1. The van der Waals surface area contributed by atoms with E-state index in [0.717, 1.165) is 11.3 Å². The summed E-state index contributed by atoms with van der Waals surface area (Å²) in [6.07, 6.45) is 0. The van der Waals surface area contributed by atoms with E-state index in [-0.39, 0.29) is 39.7 Å². The molecule has 0 saturated carbocycles. The highest BCUT2D eigenvalue weighted by Gasteiger charge is 2.35. The number of hydrogen-bond acceptors (Lipinski definition) is 8. The quantitative estimate of drug-likeness (QED) is 0.538. The molecule has 0 saturated heterocycles. The SMILES string of the molecule is CCOC(=O)C1=C(C)N=c2sc(=C3C(=O)Nc4ccccc43)c(=O)n2C1c1ccc(O)c(OC)c1. The number of phenols is 1. The molecular weight excluding hydrogens is 470 g/mol. The minimum atomic E-state index is -0.895. The number of nitrogens with one attached hydrogen (secondary N) is 1. The number of allylic oxidation sites excluding steroid dienone is 1. The van der Waals surface area contributed by atoms with Gasteiger partial charge in [0.05, 0.1) is 36.6 Å². The molecule has 1 unspecified atom stereocenters. The summed E-state index contributed by atoms with van der Waals surface area (Å²) in [5, 5.41) is 12.9. The van der Waals surface area contributed by atoms with E-state index in [2.05, 4.69) is 10.3 Å². The topological polar surface area (TPSA) is 119 Å². The van der Waals surface area contributed by atoms with Gasteiger partial charge in [-0.05, 0) is 37.6 Å². The molecule has 2 N–H and O–H groups in total. The molecule has 3 aromatic rings. The fourth-order valence-electron chi connectivity index (χ4n) is 4.36. The predicted molar refractivity (Wildman–Crippen MR) is 129 cm³/mol. The molecule has 1 aromatic heterocycles. The molecule has 0 spiro atoms. The van der Waals surface area contributed by atoms with Crippen LogP contribution in [0.1, 0.15) is 31.0 Å². The predicted octanol–water partition coefficient (Wildman–Crippen LogP) is 1.83. The number of phenolic OH excluding ortho intramolecular Hbond substituents is 1. The zero-order valence-corrected chi connectivity index (χ0v) is 19.9. The molecule has 5 rings (SSSR count). The number of nitrogens with zero attached hydrogens (tertiary/aromatic N) is 2. The summed E-state index contributed by atoms with van der Waals surface area (Å²) < 4.78 is 12.2. The summed E-state index contributed by atoms with van der Waals surface area (Å²) in [6, 6.07) is 10.9. The van der Waals surface area contributed by atoms with Crippen molar-refractivity contribution >= 4 is 34.5 Å². The van der Waals surface area contributed by atoms with Crippen molar-refractivity contribution in [3.63, 3.8) is 0 Å². The molecule has 10 heteroatoms. The molecule has 0 bridgehead atoms. The van der Waals surface area contributed by atoms with Crippen molar-refractivity contribution in [3.8, 4) is 11.5 Å². The standard InChI is InChI=1S/C25H21N3O6S/c1-4-34-24(32)18-12(2)26-25-28(20(18)13-9-10-16(29)17(11-13)33-3)23(31)21(35-25)19-14-7-5-6-8-15(14)27-22(19)30/h5-11,20,29H,4H2,1-3H3,(H,27,30). The van der Waals surface area contributed by atoms with Crippen molar-refractivity contribution in [2.45, 2.75) is 19.9 Å². The van der Waals surface area contributed by atoms with Gasteiger partial charge in [0.1, 0.15) is 4.53 Å². The summed E-state index contributed by atoms with van der Waals surface area (Å²) in [5.41, 5.74) is 2.18. The minimum Gasteiger partial charge on any atom is -0.504 e. The Labute approximate surface area is 203 Å². The molecule has 2 aliphatic heterocycles. The number of aromatic hydroxyl groups is 1. The van der Waals surface area contributed by atoms with E-state index in [4.69, 9.17) is 9.47 Å². The largest absolute Gasteiger partial charge is 0.504 e. The molecule has 2 aromatic carbocycles. The summed E-state index contributed by atoms with van der Waals surface area (Å²) >= 11 is 1.09. The van der Waals surface area contributed by atoms with Gasteiger partial charge in [-0.3, -0.25) is 14.2 Å². The van der Waals surface area contributed by atoms with E-state index < -0.39 is 17.6 Å². The first kappa shape index (κ1) is 22.6. The highest BCUT2D eigenvalue weighted by molar-refractivity contribution is 7.07. The second kappa shape index (κ2) is 8.55. The minimum absolute atomic E-state index is 0.0801. The molecule has 0 fully saturated rings. The first-order chi connectivity index (χ1) is 16.8. The molecule has 35 heavy (non-hydrogen) atoms. The van der Waals surface area contributed by atoms with Gasteiger partial charge in [0.2, 0.25) is 0 Å². The Balaban J connectivity index is 1.83. The van der Waals surface area contributed by atoms with Crippen molar-refractivity contribution in [2.75, 3.05) is 19.0 Å². The van der Waals surface area contributed by atoms with Gasteiger partial charge >= 0.3 is 5.97 Å². The van der Waals surface area contributed by atoms with Crippen LogP contribution in [0.5, 0.6) is 11.5 Å². The Bertz CT molecular complexity index is 1610. The average molecular weight is 492 g/mol. The van der Waals surface area contributed by atoms with Crippen LogP contribution >= 0.6 is 11.3 Å². The van der Waals surface area contributed by atoms with Crippen molar-refractivity contribution in [2.24, 2.45) is 4.99 Å². The molecule has 0 aliphatic carbocycles. The van der Waals surface area contributed by atoms with Crippen LogP contribution < -0.4 is 24.9 Å². The molecule has 1 amide bonds. The van der Waals surface area contributed by atoms with Crippen LogP contribution in [0.3, 0.4) is 0 Å². The van der Waals surface area contributed by atoms with Crippen molar-refractivity contribution in [1.82, 2.24) is 4.57 Å². The second-order valence-corrected chi connectivity index (χ2v) is 8.91. The van der Waals surface area contributed by atoms with Gasteiger partial charge in [-0.2, -0.15) is 0 Å². The van der Waals surface area contributed by atoms with Gasteiger partial charge < -0.3 is 19.9 Å². The average Bonchev–Trinajstić information content (AvgIpc) is 3.33. The van der Waals surface area contributed by atoms with E-state index in [9.17, 15) is 19.5 Å². The Morgan fingerprint density at radius 2 is 2.00 bits per heavy atom. The number of rotatable bonds is 4. The van der Waals surface area contributed by atoms with Gasteiger partial charge in [-0.1, -0.05) is 35.6 Å². The molecule has 178 valence electrons. The third kappa shape index (κ3) is 3.53. The van der Waals surface area contributed by atoms with Crippen LogP contribution in [-0.2, 0) is 14.3 Å². The van der Waals surface area contributed by atoms with Crippen LogP contribution in [0.2, 0.25) is 0 Å². The highest BCUT2D eigenvalue weighted by Crippen LogP contribution is 2.36. The Morgan fingerprint density at radius 3 is 2.74 bits per heavy atom. The number of para-hydroxylation sites is 1. The van der Waals surface area contributed by atoms with E-state index in [1.807, 2.05) is 0 Å². The number of anilines is 1. The first-order valence-electron chi connectivity index (χ1n) is 10.9. The maximum atomic E-state index is 13.9. The fourth-order valence-corrected chi connectivity index (χ4v) is 5.51. The third-order valence-electron chi connectivity index (χ3n) is 5.91. The number of thiazole rings is 1. The zero-order chi connectivity index (χ0) is 24.9. The lowest BCUT2D eigenvalue weighted by atomic mass is 9.95. The van der Waals surface area contributed by atoms with Crippen LogP contribution in [0, 0.1) is 0 Å². The summed E-state index contributed by atoms with van der Waals surface area (Å²) in [5.74, 6) is -0.869. The molecule has 1 atom stereocenters. The lowest BCUT2D eigenvalue weighted by Gasteiger charge is -2.25. The number of carbonyl (C=O) groups excluding carboxylic acids is 2. The summed E-state index contributed by atoms with van der Waals surface area (Å²) in [6.45, 7) is 3.52. The summed E-state index contributed by atoms with van der Waals surface area (Å²) in [7, 11) is 1.41. The normalized spacial score (nSPS) is 17.9. The van der Waals surface area contributed by atoms with Crippen molar-refractivity contribution in [3.05, 3.63) is 84.5 Å². The highest BCUT2D eigenvalue weighted by atomic mass is 32.1. The number of aromatic nitrogens is 1. The maximum absolute atomic E-state index is 13.9. The van der Waals surface area contributed by atoms with E-state index >= 15 is 0 Å². The Hall–Kier alpha value is -4.18. The van der Waals surface area contributed by atoms with Crippen LogP contribution in [-0.4, -0.2) is 35.3 Å². The molecule has 9 nitrogen and oxygen atoms in total. The third-order valence-corrected chi connectivity index (χ3v) is 6.96. The van der Waals surface area contributed by atoms with E-state index in [1.165, 1.54) is 17.7 Å². The number of fused-ring (bicyclic) bond motifs is 2. The molecule has 0 radical (unpaired) electrons. The van der Waals surface area contributed by atoms with E-state index in [0.29, 0.717) is 27.3 Å². The summed E-state index contributed by atoms with van der Waals surface area (Å²) in [4.78, 5) is 44.6. The van der Waals surface area contributed by atoms with Crippen LogP contribution in [0.25, 0.3) is 5.57 Å². The number of ether oxygens (including phenoxy) is 2. The number of amides is 1. The Kier molecular flexibility index (Phi) is 5.52. The van der Waals surface area contributed by atoms with Crippen molar-refractivity contribution in [1.29, 1.82) is 0 Å². The smallest absolute Gasteiger partial charge is 0.338 e. The fraction of sp³-hybridized carbons (Fsp3) is 0.200. The lowest BCUT2D eigenvalue weighted by molar-refractivity contribution is -0.139. The van der Waals surface area contributed by atoms with Gasteiger partial charge in [0, 0.05) is 11.3 Å². The number of methoxy groups -OCH3 is 1. The zero-order valence-electron chi connectivity index (χ0n) is 19.1. The van der Waals surface area contributed by atoms with Gasteiger partial charge in [0.25, 0.3) is 11.5 Å². The van der Waals surface area contributed by atoms with Gasteiger partial charge in [-0.25, -0.2) is 9.79 Å². The van der Waals surface area contributed by atoms with Crippen molar-refractivity contribution < 1.29 is 24.2 Å². The molecular formula is C25H21N3O6S. The van der Waals surface area contributed by atoms with Crippen LogP contribution in [0.4, 0.5) is 5.69 Å². The first-order valence-corrected chi connectivity index (χ1v) is 11.7. The molecule has 2 aliphatic rings. The Morgan fingerprint density at radius 1 is 1.23 bits per heavy atom. The lowest BCUT2D eigenvalue weighted by Crippen LogP contribution is -2.40. The van der Waals surface area contributed by atoms with Crippen LogP contribution in [0.15, 0.2) is 63.5 Å². The van der Waals surface area contributed by atoms with E-state index in [1.54, 1.807) is 50.2 Å². The van der Waals surface area contributed by atoms with Gasteiger partial charge in [0.15, 0.2) is 16.3 Å². The maximum Gasteiger partial charge on any atom is 0.338 e. The monoisotopic (exact) mass is 491 g/mol. The molecule has 3 heterocycles.